The van der Waals surface area contributed by atoms with Crippen LogP contribution in [0.4, 0.5) is 17.1 Å². The summed E-state index contributed by atoms with van der Waals surface area (Å²) in [5.41, 5.74) is 12.9. The van der Waals surface area contributed by atoms with Crippen molar-refractivity contribution in [2.45, 2.75) is 6.92 Å². The smallest absolute Gasteiger partial charge is 0.0541 e. The van der Waals surface area contributed by atoms with E-state index in [9.17, 15) is 0 Å². The predicted octanol–water partition coefficient (Wildman–Crippen LogP) is 14.9. The Kier molecular flexibility index (Phi) is 8.08. The Morgan fingerprint density at radius 2 is 0.818 bits per heavy atom. The molecular formula is C53H38N2. The second-order valence-electron chi connectivity index (χ2n) is 14.2. The lowest BCUT2D eigenvalue weighted by Crippen LogP contribution is -2.10. The van der Waals surface area contributed by atoms with Gasteiger partial charge < -0.3 is 9.47 Å². The summed E-state index contributed by atoms with van der Waals surface area (Å²) >= 11 is 0. The third-order valence-corrected chi connectivity index (χ3v) is 10.8. The monoisotopic (exact) mass is 702 g/mol. The van der Waals surface area contributed by atoms with Crippen molar-refractivity contribution < 1.29 is 0 Å². The van der Waals surface area contributed by atoms with Crippen LogP contribution in [0.2, 0.25) is 0 Å². The molecule has 2 heteroatoms. The largest absolute Gasteiger partial charge is 0.311 e. The zero-order valence-corrected chi connectivity index (χ0v) is 30.6. The van der Waals surface area contributed by atoms with Crippen molar-refractivity contribution in [3.8, 4) is 27.9 Å². The van der Waals surface area contributed by atoms with Crippen LogP contribution in [0.25, 0.3) is 77.4 Å². The summed E-state index contributed by atoms with van der Waals surface area (Å²) in [6, 6.07) is 73.0. The lowest BCUT2D eigenvalue weighted by molar-refractivity contribution is 1.17. The van der Waals surface area contributed by atoms with Crippen LogP contribution in [-0.2, 0) is 0 Å². The number of hydrogen-bond donors (Lipinski definition) is 0. The SMILES string of the molecule is CC=Cc1ccc(N(c2ccccc2)c2ccc(-n3c4ccc(-c5ccc6ccccc6c5)cc4c4cc(-c5ccc6ccccc6c5)ccc43)cc2)cc1. The van der Waals surface area contributed by atoms with Crippen LogP contribution in [0.1, 0.15) is 12.5 Å². The number of fused-ring (bicyclic) bond motifs is 5. The van der Waals surface area contributed by atoms with Crippen molar-refractivity contribution in [2.24, 2.45) is 0 Å². The van der Waals surface area contributed by atoms with Gasteiger partial charge in [-0.1, -0.05) is 127 Å². The van der Waals surface area contributed by atoms with Gasteiger partial charge in [0, 0.05) is 33.5 Å². The highest BCUT2D eigenvalue weighted by Crippen LogP contribution is 2.40. The molecule has 0 saturated heterocycles. The van der Waals surface area contributed by atoms with Crippen molar-refractivity contribution >= 4 is 66.5 Å². The summed E-state index contributed by atoms with van der Waals surface area (Å²) < 4.78 is 2.42. The molecule has 0 aliphatic carbocycles. The molecule has 0 bridgehead atoms. The molecule has 0 aliphatic rings. The Morgan fingerprint density at radius 1 is 0.382 bits per heavy atom. The molecule has 10 rings (SSSR count). The molecule has 2 nitrogen and oxygen atoms in total. The Morgan fingerprint density at radius 3 is 1.35 bits per heavy atom. The summed E-state index contributed by atoms with van der Waals surface area (Å²) in [6.07, 6.45) is 4.21. The van der Waals surface area contributed by atoms with Crippen LogP contribution in [0.3, 0.4) is 0 Å². The van der Waals surface area contributed by atoms with E-state index in [-0.39, 0.29) is 0 Å². The Hall–Kier alpha value is -7.16. The summed E-state index contributed by atoms with van der Waals surface area (Å²) in [7, 11) is 0. The summed E-state index contributed by atoms with van der Waals surface area (Å²) in [5, 5.41) is 7.48. The van der Waals surface area contributed by atoms with Crippen LogP contribution in [0.5, 0.6) is 0 Å². The Balaban J connectivity index is 1.12. The zero-order valence-electron chi connectivity index (χ0n) is 30.6. The molecule has 0 N–H and O–H groups in total. The maximum atomic E-state index is 2.42. The molecule has 0 radical (unpaired) electrons. The van der Waals surface area contributed by atoms with E-state index < -0.39 is 0 Å². The summed E-state index contributed by atoms with van der Waals surface area (Å²) in [5.74, 6) is 0. The first-order valence-electron chi connectivity index (χ1n) is 19.0. The van der Waals surface area contributed by atoms with E-state index in [1.165, 1.54) is 71.2 Å². The van der Waals surface area contributed by atoms with Crippen LogP contribution in [0.15, 0.2) is 206 Å². The van der Waals surface area contributed by atoms with E-state index >= 15 is 0 Å². The minimum atomic E-state index is 1.10. The highest BCUT2D eigenvalue weighted by Gasteiger charge is 2.17. The van der Waals surface area contributed by atoms with E-state index in [1.54, 1.807) is 0 Å². The van der Waals surface area contributed by atoms with E-state index in [1.807, 2.05) is 0 Å². The highest BCUT2D eigenvalue weighted by molar-refractivity contribution is 6.12. The zero-order chi connectivity index (χ0) is 36.7. The van der Waals surface area contributed by atoms with E-state index in [2.05, 4.69) is 229 Å². The molecule has 0 unspecified atom stereocenters. The number of rotatable bonds is 7. The average molecular weight is 703 g/mol. The van der Waals surface area contributed by atoms with Gasteiger partial charge in [-0.2, -0.15) is 0 Å². The van der Waals surface area contributed by atoms with Gasteiger partial charge >= 0.3 is 0 Å². The van der Waals surface area contributed by atoms with Crippen LogP contribution >= 0.6 is 0 Å². The summed E-state index contributed by atoms with van der Waals surface area (Å²) in [6.45, 7) is 2.05. The Bertz CT molecular complexity index is 2890. The van der Waals surface area contributed by atoms with Gasteiger partial charge in [0.05, 0.1) is 11.0 Å². The van der Waals surface area contributed by atoms with Crippen molar-refractivity contribution in [2.75, 3.05) is 4.90 Å². The van der Waals surface area contributed by atoms with Crippen LogP contribution in [-0.4, -0.2) is 4.57 Å². The normalized spacial score (nSPS) is 11.7. The minimum Gasteiger partial charge on any atom is -0.311 e. The van der Waals surface area contributed by atoms with Crippen molar-refractivity contribution in [3.05, 3.63) is 212 Å². The van der Waals surface area contributed by atoms with Gasteiger partial charge in [-0.05, 0) is 141 Å². The first kappa shape index (κ1) is 32.5. The molecule has 55 heavy (non-hydrogen) atoms. The van der Waals surface area contributed by atoms with Crippen LogP contribution in [0, 0.1) is 0 Å². The van der Waals surface area contributed by atoms with Gasteiger partial charge in [-0.3, -0.25) is 0 Å². The lowest BCUT2D eigenvalue weighted by atomic mass is 9.98. The first-order valence-corrected chi connectivity index (χ1v) is 19.0. The molecule has 0 amide bonds. The number of para-hydroxylation sites is 1. The second kappa shape index (κ2) is 13.7. The molecule has 0 atom stereocenters. The first-order chi connectivity index (χ1) is 27.2. The summed E-state index contributed by atoms with van der Waals surface area (Å²) in [4.78, 5) is 2.32. The number of hydrogen-bond acceptors (Lipinski definition) is 1. The highest BCUT2D eigenvalue weighted by atomic mass is 15.1. The van der Waals surface area contributed by atoms with Crippen molar-refractivity contribution in [1.82, 2.24) is 4.57 Å². The fraction of sp³-hybridized carbons (Fsp3) is 0.0189. The second-order valence-corrected chi connectivity index (χ2v) is 14.2. The quantitative estimate of drug-likeness (QED) is 0.160. The third kappa shape index (κ3) is 5.95. The Labute approximate surface area is 321 Å². The molecule has 0 aliphatic heterocycles. The molecule has 0 fully saturated rings. The van der Waals surface area contributed by atoms with E-state index in [4.69, 9.17) is 0 Å². The average Bonchev–Trinajstić information content (AvgIpc) is 3.58. The molecule has 0 saturated carbocycles. The third-order valence-electron chi connectivity index (χ3n) is 10.8. The standard InChI is InChI=1S/C53H38N2/c1-2-10-37-17-25-47(26-18-37)54(46-15-4-3-5-16-46)48-27-29-49(30-28-48)55-52-31-23-44(42-21-19-38-11-6-8-13-40(38)33-42)35-50(52)51-36-45(24-32-53(51)55)43-22-20-39-12-7-9-14-41(39)34-43/h2-36H,1H3. The molecule has 10 aromatic rings. The topological polar surface area (TPSA) is 8.17 Å². The van der Waals surface area contributed by atoms with Crippen molar-refractivity contribution in [3.63, 3.8) is 0 Å². The molecule has 0 spiro atoms. The van der Waals surface area contributed by atoms with E-state index in [0.717, 1.165) is 22.7 Å². The fourth-order valence-electron chi connectivity index (χ4n) is 8.10. The number of allylic oxidation sites excluding steroid dienone is 1. The number of benzene rings is 9. The van der Waals surface area contributed by atoms with Crippen LogP contribution < -0.4 is 4.90 Å². The van der Waals surface area contributed by atoms with E-state index in [0.29, 0.717) is 0 Å². The number of nitrogens with zero attached hydrogens (tertiary/aromatic N) is 2. The maximum absolute atomic E-state index is 2.42. The molecular weight excluding hydrogens is 665 g/mol. The van der Waals surface area contributed by atoms with Crippen molar-refractivity contribution in [1.29, 1.82) is 0 Å². The van der Waals surface area contributed by atoms with Gasteiger partial charge in [-0.25, -0.2) is 0 Å². The maximum Gasteiger partial charge on any atom is 0.0541 e. The van der Waals surface area contributed by atoms with Gasteiger partial charge in [-0.15, -0.1) is 0 Å². The number of anilines is 3. The molecule has 1 heterocycles. The van der Waals surface area contributed by atoms with Gasteiger partial charge in [0.25, 0.3) is 0 Å². The lowest BCUT2D eigenvalue weighted by Gasteiger charge is -2.26. The predicted molar refractivity (Wildman–Crippen MR) is 236 cm³/mol. The molecule has 260 valence electrons. The molecule has 9 aromatic carbocycles. The van der Waals surface area contributed by atoms with Gasteiger partial charge in [0.2, 0.25) is 0 Å². The van der Waals surface area contributed by atoms with Gasteiger partial charge in [0.1, 0.15) is 0 Å². The molecule has 1 aromatic heterocycles. The minimum absolute atomic E-state index is 1.10. The van der Waals surface area contributed by atoms with Gasteiger partial charge in [0.15, 0.2) is 0 Å². The number of aromatic nitrogens is 1. The fourth-order valence-corrected chi connectivity index (χ4v) is 8.10.